The number of esters is 1. The Balaban J connectivity index is 2.61. The van der Waals surface area contributed by atoms with Crippen LogP contribution in [0.4, 0.5) is 0 Å². The van der Waals surface area contributed by atoms with Crippen LogP contribution in [-0.4, -0.2) is 48.9 Å². The topological polar surface area (TPSA) is 75.7 Å². The summed E-state index contributed by atoms with van der Waals surface area (Å²) < 4.78 is 4.95. The van der Waals surface area contributed by atoms with Gasteiger partial charge in [0.05, 0.1) is 22.2 Å². The third kappa shape index (κ3) is 5.73. The third-order valence-corrected chi connectivity index (χ3v) is 3.76. The number of hydrogen-bond donors (Lipinski definition) is 1. The molecule has 1 N–H and O–H groups in total. The standard InChI is InChI=1S/C15H18Cl2N2O4/c1-3-18-12(20)8-19(4-2)13(21)9-23-15(22)10-6-5-7-11(16)14(10)17/h5-7H,3-4,8-9H2,1-2H3,(H,18,20). The highest BCUT2D eigenvalue weighted by Crippen LogP contribution is 2.25. The van der Waals surface area contributed by atoms with Gasteiger partial charge in [-0.3, -0.25) is 9.59 Å². The molecule has 0 aromatic heterocycles. The van der Waals surface area contributed by atoms with Crippen molar-refractivity contribution < 1.29 is 19.1 Å². The number of nitrogens with one attached hydrogen (secondary N) is 1. The predicted octanol–water partition coefficient (Wildman–Crippen LogP) is 2.13. The van der Waals surface area contributed by atoms with Gasteiger partial charge in [-0.25, -0.2) is 4.79 Å². The third-order valence-electron chi connectivity index (χ3n) is 2.94. The molecule has 0 fully saturated rings. The van der Waals surface area contributed by atoms with Gasteiger partial charge in [0.1, 0.15) is 0 Å². The molecule has 0 radical (unpaired) electrons. The van der Waals surface area contributed by atoms with E-state index in [1.165, 1.54) is 17.0 Å². The fourth-order valence-corrected chi connectivity index (χ4v) is 2.14. The molecule has 0 heterocycles. The number of amides is 2. The van der Waals surface area contributed by atoms with Crippen molar-refractivity contribution in [3.63, 3.8) is 0 Å². The number of ether oxygens (including phenoxy) is 1. The molecule has 6 nitrogen and oxygen atoms in total. The van der Waals surface area contributed by atoms with Gasteiger partial charge in [-0.05, 0) is 26.0 Å². The van der Waals surface area contributed by atoms with Crippen LogP contribution in [0.3, 0.4) is 0 Å². The van der Waals surface area contributed by atoms with Crippen molar-refractivity contribution in [1.82, 2.24) is 10.2 Å². The number of likely N-dealkylation sites (N-methyl/N-ethyl adjacent to an activating group) is 2. The molecule has 23 heavy (non-hydrogen) atoms. The molecule has 8 heteroatoms. The van der Waals surface area contributed by atoms with E-state index in [1.54, 1.807) is 19.9 Å². The van der Waals surface area contributed by atoms with E-state index in [1.807, 2.05) is 0 Å². The normalized spacial score (nSPS) is 10.1. The first-order valence-electron chi connectivity index (χ1n) is 7.06. The van der Waals surface area contributed by atoms with Gasteiger partial charge in [-0.15, -0.1) is 0 Å². The smallest absolute Gasteiger partial charge is 0.340 e. The fourth-order valence-electron chi connectivity index (χ4n) is 1.76. The van der Waals surface area contributed by atoms with Gasteiger partial charge < -0.3 is 15.0 Å². The Morgan fingerprint density at radius 3 is 2.52 bits per heavy atom. The maximum absolute atomic E-state index is 12.0. The number of hydrogen-bond acceptors (Lipinski definition) is 4. The lowest BCUT2D eigenvalue weighted by Crippen LogP contribution is -2.42. The summed E-state index contributed by atoms with van der Waals surface area (Å²) in [5, 5.41) is 2.89. The second-order valence-electron chi connectivity index (χ2n) is 4.54. The van der Waals surface area contributed by atoms with E-state index in [4.69, 9.17) is 27.9 Å². The van der Waals surface area contributed by atoms with Crippen molar-refractivity contribution in [2.75, 3.05) is 26.2 Å². The minimum atomic E-state index is -0.750. The molecule has 1 aromatic rings. The van der Waals surface area contributed by atoms with E-state index in [0.717, 1.165) is 0 Å². The minimum Gasteiger partial charge on any atom is -0.452 e. The van der Waals surface area contributed by atoms with Crippen LogP contribution in [0.1, 0.15) is 24.2 Å². The molecule has 0 aliphatic heterocycles. The first kappa shape index (κ1) is 19.3. The zero-order valence-electron chi connectivity index (χ0n) is 12.9. The van der Waals surface area contributed by atoms with E-state index < -0.39 is 18.5 Å². The Hall–Kier alpha value is -1.79. The van der Waals surface area contributed by atoms with E-state index >= 15 is 0 Å². The molecule has 1 aromatic carbocycles. The van der Waals surface area contributed by atoms with E-state index in [-0.39, 0.29) is 28.1 Å². The van der Waals surface area contributed by atoms with Crippen LogP contribution in [-0.2, 0) is 14.3 Å². The second-order valence-corrected chi connectivity index (χ2v) is 5.32. The van der Waals surface area contributed by atoms with Gasteiger partial charge in [-0.2, -0.15) is 0 Å². The van der Waals surface area contributed by atoms with Gasteiger partial charge in [0.25, 0.3) is 5.91 Å². The second kappa shape index (κ2) is 9.37. The van der Waals surface area contributed by atoms with Crippen LogP contribution in [0, 0.1) is 0 Å². The molecule has 1 rings (SSSR count). The van der Waals surface area contributed by atoms with Gasteiger partial charge in [-0.1, -0.05) is 29.3 Å². The average molecular weight is 361 g/mol. The van der Waals surface area contributed by atoms with Crippen molar-refractivity contribution in [2.45, 2.75) is 13.8 Å². The van der Waals surface area contributed by atoms with Crippen LogP contribution in [0.2, 0.25) is 10.0 Å². The lowest BCUT2D eigenvalue weighted by Gasteiger charge is -2.20. The Morgan fingerprint density at radius 2 is 1.91 bits per heavy atom. The van der Waals surface area contributed by atoms with Crippen LogP contribution >= 0.6 is 23.2 Å². The van der Waals surface area contributed by atoms with E-state index in [2.05, 4.69) is 5.32 Å². The number of rotatable bonds is 7. The van der Waals surface area contributed by atoms with Gasteiger partial charge in [0.2, 0.25) is 5.91 Å². The van der Waals surface area contributed by atoms with E-state index in [9.17, 15) is 14.4 Å². The van der Waals surface area contributed by atoms with Crippen molar-refractivity contribution in [1.29, 1.82) is 0 Å². The molecule has 0 saturated heterocycles. The molecule has 0 bridgehead atoms. The summed E-state index contributed by atoms with van der Waals surface area (Å²) in [7, 11) is 0. The number of nitrogens with zero attached hydrogens (tertiary/aromatic N) is 1. The molecule has 0 unspecified atom stereocenters. The maximum Gasteiger partial charge on any atom is 0.340 e. The number of benzene rings is 1. The first-order chi connectivity index (χ1) is 10.9. The fraction of sp³-hybridized carbons (Fsp3) is 0.400. The Bertz CT molecular complexity index is 593. The molecule has 0 atom stereocenters. The molecule has 126 valence electrons. The molecule has 0 aliphatic carbocycles. The molecular weight excluding hydrogens is 343 g/mol. The Labute approximate surface area is 144 Å². The summed E-state index contributed by atoms with van der Waals surface area (Å²) in [6.07, 6.45) is 0. The summed E-state index contributed by atoms with van der Waals surface area (Å²) in [4.78, 5) is 36.8. The highest BCUT2D eigenvalue weighted by Gasteiger charge is 2.19. The van der Waals surface area contributed by atoms with Crippen LogP contribution < -0.4 is 5.32 Å². The summed E-state index contributed by atoms with van der Waals surface area (Å²) in [5.74, 6) is -1.49. The van der Waals surface area contributed by atoms with Gasteiger partial charge in [0, 0.05) is 13.1 Å². The van der Waals surface area contributed by atoms with Gasteiger partial charge in [0.15, 0.2) is 6.61 Å². The van der Waals surface area contributed by atoms with Crippen LogP contribution in [0.15, 0.2) is 18.2 Å². The summed E-state index contributed by atoms with van der Waals surface area (Å²) in [6.45, 7) is 3.76. The summed E-state index contributed by atoms with van der Waals surface area (Å²) in [5.41, 5.74) is 0.0822. The number of carbonyl (C=O) groups is 3. The highest BCUT2D eigenvalue weighted by molar-refractivity contribution is 6.43. The van der Waals surface area contributed by atoms with Crippen molar-refractivity contribution >= 4 is 41.0 Å². The minimum absolute atomic E-state index is 0.0706. The number of halogens is 2. The van der Waals surface area contributed by atoms with Crippen LogP contribution in [0.5, 0.6) is 0 Å². The zero-order chi connectivity index (χ0) is 17.4. The lowest BCUT2D eigenvalue weighted by atomic mass is 10.2. The summed E-state index contributed by atoms with van der Waals surface area (Å²) in [6, 6.07) is 4.55. The molecule has 0 saturated carbocycles. The monoisotopic (exact) mass is 360 g/mol. The predicted molar refractivity (Wildman–Crippen MR) is 87.7 cm³/mol. The quantitative estimate of drug-likeness (QED) is 0.755. The summed E-state index contributed by atoms with van der Waals surface area (Å²) >= 11 is 11.7. The first-order valence-corrected chi connectivity index (χ1v) is 7.81. The van der Waals surface area contributed by atoms with Crippen LogP contribution in [0.25, 0.3) is 0 Å². The molecule has 2 amide bonds. The number of carbonyl (C=O) groups excluding carboxylic acids is 3. The lowest BCUT2D eigenvalue weighted by molar-refractivity contribution is -0.138. The van der Waals surface area contributed by atoms with Gasteiger partial charge >= 0.3 is 5.97 Å². The molecule has 0 spiro atoms. The zero-order valence-corrected chi connectivity index (χ0v) is 14.4. The molecule has 0 aliphatic rings. The maximum atomic E-state index is 12.0. The SMILES string of the molecule is CCNC(=O)CN(CC)C(=O)COC(=O)c1cccc(Cl)c1Cl. The van der Waals surface area contributed by atoms with E-state index in [0.29, 0.717) is 13.1 Å². The average Bonchev–Trinajstić information content (AvgIpc) is 2.52. The molecular formula is C15H18Cl2N2O4. The Kier molecular flexibility index (Phi) is 7.85. The van der Waals surface area contributed by atoms with Crippen molar-refractivity contribution in [2.24, 2.45) is 0 Å². The van der Waals surface area contributed by atoms with Crippen molar-refractivity contribution in [3.8, 4) is 0 Å². The Morgan fingerprint density at radius 1 is 1.22 bits per heavy atom. The van der Waals surface area contributed by atoms with Crippen molar-refractivity contribution in [3.05, 3.63) is 33.8 Å². The highest BCUT2D eigenvalue weighted by atomic mass is 35.5. The largest absolute Gasteiger partial charge is 0.452 e.